The van der Waals surface area contributed by atoms with Crippen molar-refractivity contribution in [1.82, 2.24) is 10.0 Å². The fourth-order valence-corrected chi connectivity index (χ4v) is 4.97. The van der Waals surface area contributed by atoms with Gasteiger partial charge in [0.25, 0.3) is 0 Å². The van der Waals surface area contributed by atoms with Crippen molar-refractivity contribution in [3.05, 3.63) is 16.5 Å². The molecule has 0 bridgehead atoms. The van der Waals surface area contributed by atoms with Crippen molar-refractivity contribution in [3.8, 4) is 0 Å². The maximum absolute atomic E-state index is 12.4. The molecular weight excluding hydrogens is 292 g/mol. The Bertz CT molecular complexity index is 588. The number of aryl methyl sites for hydroxylation is 1. The summed E-state index contributed by atoms with van der Waals surface area (Å²) in [6.45, 7) is 11.0. The predicted octanol–water partition coefficient (Wildman–Crippen LogP) is 2.63. The summed E-state index contributed by atoms with van der Waals surface area (Å²) >= 11 is 1.37. The summed E-state index contributed by atoms with van der Waals surface area (Å²) in [7, 11) is -3.37. The van der Waals surface area contributed by atoms with Crippen LogP contribution in [0.3, 0.4) is 0 Å². The van der Waals surface area contributed by atoms with Crippen LogP contribution in [-0.2, 0) is 16.6 Å². The first-order valence-corrected chi connectivity index (χ1v) is 9.27. The maximum atomic E-state index is 12.4. The molecule has 1 aliphatic carbocycles. The lowest BCUT2D eigenvalue weighted by Gasteiger charge is -2.07. The van der Waals surface area contributed by atoms with E-state index in [0.717, 1.165) is 23.4 Å². The summed E-state index contributed by atoms with van der Waals surface area (Å²) in [5.41, 5.74) is 1.14. The van der Waals surface area contributed by atoms with E-state index in [-0.39, 0.29) is 11.5 Å². The zero-order valence-corrected chi connectivity index (χ0v) is 14.4. The van der Waals surface area contributed by atoms with Crippen molar-refractivity contribution in [2.45, 2.75) is 63.9 Å². The van der Waals surface area contributed by atoms with Gasteiger partial charge in [-0.2, -0.15) is 0 Å². The Balaban J connectivity index is 2.10. The molecule has 2 rings (SSSR count). The highest BCUT2D eigenvalue weighted by Gasteiger charge is 2.48. The largest absolute Gasteiger partial charge is 0.310 e. The zero-order valence-electron chi connectivity index (χ0n) is 12.8. The zero-order chi connectivity index (χ0) is 15.1. The Morgan fingerprint density at radius 3 is 2.55 bits per heavy atom. The minimum atomic E-state index is -3.37. The van der Waals surface area contributed by atoms with E-state index in [2.05, 4.69) is 37.7 Å². The van der Waals surface area contributed by atoms with Crippen LogP contribution in [0.4, 0.5) is 0 Å². The number of rotatable bonds is 6. The van der Waals surface area contributed by atoms with Gasteiger partial charge in [0.1, 0.15) is 4.21 Å². The maximum Gasteiger partial charge on any atom is 0.250 e. The molecule has 1 aliphatic rings. The van der Waals surface area contributed by atoms with Gasteiger partial charge in [0, 0.05) is 23.5 Å². The molecular formula is C14H24N2O2S2. The molecule has 2 N–H and O–H groups in total. The summed E-state index contributed by atoms with van der Waals surface area (Å²) in [6.07, 6.45) is 0.915. The highest BCUT2D eigenvalue weighted by molar-refractivity contribution is 7.91. The number of hydrogen-bond donors (Lipinski definition) is 2. The highest BCUT2D eigenvalue weighted by Crippen LogP contribution is 2.45. The lowest BCUT2D eigenvalue weighted by molar-refractivity contribution is 0.556. The van der Waals surface area contributed by atoms with Gasteiger partial charge in [-0.05, 0) is 30.4 Å². The Hall–Kier alpha value is -0.430. The SMILES string of the molecule is Cc1cc(S(=O)(=O)NC2CC2(C)C)sc1CNC(C)C. The van der Waals surface area contributed by atoms with Crippen LogP contribution in [0.5, 0.6) is 0 Å². The van der Waals surface area contributed by atoms with Crippen LogP contribution < -0.4 is 10.0 Å². The van der Waals surface area contributed by atoms with E-state index >= 15 is 0 Å². The van der Waals surface area contributed by atoms with Crippen molar-refractivity contribution < 1.29 is 8.42 Å². The predicted molar refractivity (Wildman–Crippen MR) is 83.5 cm³/mol. The summed E-state index contributed by atoms with van der Waals surface area (Å²) in [4.78, 5) is 1.09. The van der Waals surface area contributed by atoms with Gasteiger partial charge < -0.3 is 5.32 Å². The van der Waals surface area contributed by atoms with Crippen molar-refractivity contribution in [2.75, 3.05) is 0 Å². The van der Waals surface area contributed by atoms with Crippen LogP contribution in [0.2, 0.25) is 0 Å². The number of nitrogens with one attached hydrogen (secondary N) is 2. The summed E-state index contributed by atoms with van der Waals surface area (Å²) in [6, 6.07) is 2.24. The van der Waals surface area contributed by atoms with Gasteiger partial charge >= 0.3 is 0 Å². The molecule has 6 heteroatoms. The van der Waals surface area contributed by atoms with Crippen LogP contribution in [0, 0.1) is 12.3 Å². The summed E-state index contributed by atoms with van der Waals surface area (Å²) < 4.78 is 27.9. The van der Waals surface area contributed by atoms with Crippen LogP contribution in [-0.4, -0.2) is 20.5 Å². The molecule has 4 nitrogen and oxygen atoms in total. The fourth-order valence-electron chi connectivity index (χ4n) is 2.01. The number of thiophene rings is 1. The van der Waals surface area contributed by atoms with Crippen LogP contribution in [0.15, 0.2) is 10.3 Å². The van der Waals surface area contributed by atoms with Gasteiger partial charge in [0.2, 0.25) is 10.0 Å². The third kappa shape index (κ3) is 3.61. The molecule has 0 spiro atoms. The van der Waals surface area contributed by atoms with Crippen molar-refractivity contribution in [2.24, 2.45) is 5.41 Å². The topological polar surface area (TPSA) is 58.2 Å². The standard InChI is InChI=1S/C14H24N2O2S2/c1-9(2)15-8-11-10(3)6-13(19-11)20(17,18)16-12-7-14(12,4)5/h6,9,12,15-16H,7-8H2,1-5H3. The van der Waals surface area contributed by atoms with Gasteiger partial charge in [-0.25, -0.2) is 13.1 Å². The lowest BCUT2D eigenvalue weighted by Crippen LogP contribution is -2.27. The van der Waals surface area contributed by atoms with Crippen molar-refractivity contribution in [1.29, 1.82) is 0 Å². The molecule has 114 valence electrons. The second kappa shape index (κ2) is 5.40. The van der Waals surface area contributed by atoms with E-state index in [0.29, 0.717) is 10.3 Å². The van der Waals surface area contributed by atoms with Crippen LogP contribution in [0.1, 0.15) is 44.6 Å². The lowest BCUT2D eigenvalue weighted by atomic mass is 10.2. The molecule has 0 amide bonds. The van der Waals surface area contributed by atoms with E-state index < -0.39 is 10.0 Å². The first-order chi connectivity index (χ1) is 9.12. The van der Waals surface area contributed by atoms with Gasteiger partial charge in [0.15, 0.2) is 0 Å². The molecule has 1 aromatic rings. The minimum Gasteiger partial charge on any atom is -0.310 e. The molecule has 0 aliphatic heterocycles. The normalized spacial score (nSPS) is 21.4. The van der Waals surface area contributed by atoms with Crippen molar-refractivity contribution >= 4 is 21.4 Å². The van der Waals surface area contributed by atoms with Crippen LogP contribution >= 0.6 is 11.3 Å². The van der Waals surface area contributed by atoms with Gasteiger partial charge in [0.05, 0.1) is 0 Å². The smallest absolute Gasteiger partial charge is 0.250 e. The molecule has 0 radical (unpaired) electrons. The average molecular weight is 316 g/mol. The van der Waals surface area contributed by atoms with Gasteiger partial charge in [-0.3, -0.25) is 0 Å². The van der Waals surface area contributed by atoms with E-state index in [1.807, 2.05) is 6.92 Å². The second-order valence-electron chi connectivity index (χ2n) is 6.57. The van der Waals surface area contributed by atoms with E-state index in [1.54, 1.807) is 6.07 Å². The van der Waals surface area contributed by atoms with E-state index in [4.69, 9.17) is 0 Å². The minimum absolute atomic E-state index is 0.0761. The molecule has 1 saturated carbocycles. The van der Waals surface area contributed by atoms with Crippen LogP contribution in [0.25, 0.3) is 0 Å². The molecule has 1 unspecified atom stereocenters. The summed E-state index contributed by atoms with van der Waals surface area (Å²) in [5.74, 6) is 0. The quantitative estimate of drug-likeness (QED) is 0.848. The Kier molecular flexibility index (Phi) is 4.31. The first-order valence-electron chi connectivity index (χ1n) is 6.97. The highest BCUT2D eigenvalue weighted by atomic mass is 32.2. The molecule has 20 heavy (non-hydrogen) atoms. The molecule has 1 heterocycles. The van der Waals surface area contributed by atoms with E-state index in [9.17, 15) is 8.42 Å². The fraction of sp³-hybridized carbons (Fsp3) is 0.714. The third-order valence-corrected chi connectivity index (χ3v) is 6.93. The Morgan fingerprint density at radius 1 is 1.45 bits per heavy atom. The molecule has 0 aromatic carbocycles. The average Bonchev–Trinajstić information content (AvgIpc) is 2.70. The first kappa shape index (κ1) is 15.9. The third-order valence-electron chi connectivity index (χ3n) is 3.74. The Labute approximate surface area is 126 Å². The summed E-state index contributed by atoms with van der Waals surface area (Å²) in [5, 5.41) is 3.33. The van der Waals surface area contributed by atoms with Gasteiger partial charge in [-0.1, -0.05) is 27.7 Å². The molecule has 1 atom stereocenters. The van der Waals surface area contributed by atoms with Gasteiger partial charge in [-0.15, -0.1) is 11.3 Å². The monoisotopic (exact) mass is 316 g/mol. The Morgan fingerprint density at radius 2 is 2.05 bits per heavy atom. The second-order valence-corrected chi connectivity index (χ2v) is 9.65. The molecule has 1 fully saturated rings. The molecule has 0 saturated heterocycles. The number of hydrogen-bond acceptors (Lipinski definition) is 4. The van der Waals surface area contributed by atoms with E-state index in [1.165, 1.54) is 11.3 Å². The molecule has 1 aromatic heterocycles. The number of sulfonamides is 1. The van der Waals surface area contributed by atoms with Crippen molar-refractivity contribution in [3.63, 3.8) is 0 Å².